The van der Waals surface area contributed by atoms with Gasteiger partial charge in [0.15, 0.2) is 0 Å². The van der Waals surface area contributed by atoms with Crippen molar-refractivity contribution in [1.82, 2.24) is 5.32 Å². The number of hydrogen-bond acceptors (Lipinski definition) is 3. The fourth-order valence-electron chi connectivity index (χ4n) is 3.53. The summed E-state index contributed by atoms with van der Waals surface area (Å²) in [5.41, 5.74) is 0.707. The molecule has 1 aromatic rings. The number of carbonyl (C=O) groups is 1. The molecule has 23 heavy (non-hydrogen) atoms. The first-order chi connectivity index (χ1) is 11.2. The largest absolute Gasteiger partial charge is 0.381 e. The van der Waals surface area contributed by atoms with Gasteiger partial charge in [0.25, 0.3) is 0 Å². The monoisotopic (exact) mass is 337 g/mol. The highest BCUT2D eigenvalue weighted by molar-refractivity contribution is 6.30. The average Bonchev–Trinajstić information content (AvgIpc) is 3.08. The first-order valence-corrected chi connectivity index (χ1v) is 8.82. The maximum Gasteiger partial charge on any atom is 0.246 e. The van der Waals surface area contributed by atoms with E-state index in [1.807, 2.05) is 24.3 Å². The number of benzene rings is 1. The van der Waals surface area contributed by atoms with Gasteiger partial charge in [0, 0.05) is 18.2 Å². The highest BCUT2D eigenvalue weighted by atomic mass is 35.5. The highest BCUT2D eigenvalue weighted by Gasteiger charge is 2.36. The Hall–Kier alpha value is -1.10. The van der Waals surface area contributed by atoms with E-state index in [4.69, 9.17) is 21.1 Å². The lowest BCUT2D eigenvalue weighted by Crippen LogP contribution is -2.50. The topological polar surface area (TPSA) is 47.6 Å². The van der Waals surface area contributed by atoms with Crippen LogP contribution in [0.4, 0.5) is 0 Å². The Balaban J connectivity index is 1.66. The molecule has 1 aliphatic heterocycles. The van der Waals surface area contributed by atoms with Crippen LogP contribution < -0.4 is 5.32 Å². The molecule has 4 nitrogen and oxygen atoms in total. The molecule has 1 aromatic carbocycles. The SMILES string of the molecule is O=C(COC1CCCC1)NC1(c2ccc(Cl)cc2)CCOCC1. The smallest absolute Gasteiger partial charge is 0.246 e. The summed E-state index contributed by atoms with van der Waals surface area (Å²) in [5, 5.41) is 3.91. The summed E-state index contributed by atoms with van der Waals surface area (Å²) in [6, 6.07) is 7.72. The van der Waals surface area contributed by atoms with Crippen LogP contribution in [-0.2, 0) is 19.8 Å². The Labute approximate surface area is 142 Å². The van der Waals surface area contributed by atoms with Crippen LogP contribution in [0.2, 0.25) is 5.02 Å². The number of rotatable bonds is 5. The molecule has 1 N–H and O–H groups in total. The van der Waals surface area contributed by atoms with E-state index in [9.17, 15) is 4.79 Å². The van der Waals surface area contributed by atoms with Crippen molar-refractivity contribution >= 4 is 17.5 Å². The summed E-state index contributed by atoms with van der Waals surface area (Å²) in [6.07, 6.45) is 6.35. The second-order valence-corrected chi connectivity index (χ2v) is 6.90. The van der Waals surface area contributed by atoms with Gasteiger partial charge in [-0.3, -0.25) is 4.79 Å². The van der Waals surface area contributed by atoms with E-state index in [-0.39, 0.29) is 24.2 Å². The van der Waals surface area contributed by atoms with Crippen molar-refractivity contribution in [1.29, 1.82) is 0 Å². The molecular weight excluding hydrogens is 314 g/mol. The Morgan fingerprint density at radius 1 is 1.22 bits per heavy atom. The number of ether oxygens (including phenoxy) is 2. The van der Waals surface area contributed by atoms with Crippen LogP contribution in [0.1, 0.15) is 44.1 Å². The summed E-state index contributed by atoms with van der Waals surface area (Å²) in [5.74, 6) is -0.0475. The second-order valence-electron chi connectivity index (χ2n) is 6.47. The van der Waals surface area contributed by atoms with Gasteiger partial charge in [-0.15, -0.1) is 0 Å². The summed E-state index contributed by atoms with van der Waals surface area (Å²) in [6.45, 7) is 1.43. The second kappa shape index (κ2) is 7.65. The van der Waals surface area contributed by atoms with Crippen molar-refractivity contribution in [3.05, 3.63) is 34.9 Å². The third-order valence-electron chi connectivity index (χ3n) is 4.87. The molecular formula is C18H24ClNO3. The van der Waals surface area contributed by atoms with E-state index in [1.54, 1.807) is 0 Å². The number of nitrogens with one attached hydrogen (secondary N) is 1. The van der Waals surface area contributed by atoms with Crippen LogP contribution in [0.15, 0.2) is 24.3 Å². The molecule has 1 heterocycles. The minimum atomic E-state index is -0.376. The Morgan fingerprint density at radius 2 is 1.87 bits per heavy atom. The van der Waals surface area contributed by atoms with Gasteiger partial charge in [-0.2, -0.15) is 0 Å². The van der Waals surface area contributed by atoms with Crippen molar-refractivity contribution in [2.75, 3.05) is 19.8 Å². The molecule has 0 radical (unpaired) electrons. The summed E-state index contributed by atoms with van der Waals surface area (Å²) in [7, 11) is 0. The normalized spacial score (nSPS) is 21.3. The van der Waals surface area contributed by atoms with E-state index in [1.165, 1.54) is 12.8 Å². The molecule has 1 saturated heterocycles. The van der Waals surface area contributed by atoms with Crippen molar-refractivity contribution in [2.24, 2.45) is 0 Å². The number of halogens is 1. The molecule has 2 fully saturated rings. The highest BCUT2D eigenvalue weighted by Crippen LogP contribution is 2.33. The molecule has 0 spiro atoms. The zero-order valence-corrected chi connectivity index (χ0v) is 14.1. The molecule has 3 rings (SSSR count). The fraction of sp³-hybridized carbons (Fsp3) is 0.611. The van der Waals surface area contributed by atoms with Crippen LogP contribution in [0, 0.1) is 0 Å². The zero-order chi connectivity index (χ0) is 16.1. The molecule has 5 heteroatoms. The van der Waals surface area contributed by atoms with E-state index in [0.717, 1.165) is 31.2 Å². The lowest BCUT2D eigenvalue weighted by atomic mass is 9.82. The molecule has 2 aliphatic rings. The lowest BCUT2D eigenvalue weighted by molar-refractivity contribution is -0.131. The third-order valence-corrected chi connectivity index (χ3v) is 5.13. The quantitative estimate of drug-likeness (QED) is 0.895. The van der Waals surface area contributed by atoms with E-state index < -0.39 is 0 Å². The number of amides is 1. The van der Waals surface area contributed by atoms with Crippen LogP contribution in [-0.4, -0.2) is 31.8 Å². The molecule has 1 saturated carbocycles. The van der Waals surface area contributed by atoms with Crippen LogP contribution in [0.3, 0.4) is 0 Å². The van der Waals surface area contributed by atoms with Gasteiger partial charge in [0.1, 0.15) is 6.61 Å². The molecule has 126 valence electrons. The third kappa shape index (κ3) is 4.25. The van der Waals surface area contributed by atoms with Crippen LogP contribution in [0.5, 0.6) is 0 Å². The summed E-state index contributed by atoms with van der Waals surface area (Å²) >= 11 is 5.99. The molecule has 1 aliphatic carbocycles. The minimum Gasteiger partial charge on any atom is -0.381 e. The van der Waals surface area contributed by atoms with Crippen molar-refractivity contribution in [2.45, 2.75) is 50.2 Å². The standard InChI is InChI=1S/C18H24ClNO3/c19-15-7-5-14(6-8-15)18(9-11-22-12-10-18)20-17(21)13-23-16-3-1-2-4-16/h5-8,16H,1-4,9-13H2,(H,20,21). The van der Waals surface area contributed by atoms with Gasteiger partial charge in [-0.05, 0) is 43.4 Å². The molecule has 1 amide bonds. The first-order valence-electron chi connectivity index (χ1n) is 8.44. The Morgan fingerprint density at radius 3 is 2.52 bits per heavy atom. The summed E-state index contributed by atoms with van der Waals surface area (Å²) in [4.78, 5) is 12.4. The fourth-order valence-corrected chi connectivity index (χ4v) is 3.65. The van der Waals surface area contributed by atoms with Crippen LogP contribution in [0.25, 0.3) is 0 Å². The van der Waals surface area contributed by atoms with E-state index in [2.05, 4.69) is 5.32 Å². The summed E-state index contributed by atoms with van der Waals surface area (Å²) < 4.78 is 11.2. The van der Waals surface area contributed by atoms with E-state index in [0.29, 0.717) is 18.2 Å². The maximum atomic E-state index is 12.4. The minimum absolute atomic E-state index is 0.0475. The van der Waals surface area contributed by atoms with Crippen molar-refractivity contribution in [3.8, 4) is 0 Å². The average molecular weight is 338 g/mol. The predicted octanol–water partition coefficient (Wildman–Crippen LogP) is 3.42. The van der Waals surface area contributed by atoms with Gasteiger partial charge >= 0.3 is 0 Å². The van der Waals surface area contributed by atoms with Crippen LogP contribution >= 0.6 is 11.6 Å². The van der Waals surface area contributed by atoms with E-state index >= 15 is 0 Å². The molecule has 0 atom stereocenters. The van der Waals surface area contributed by atoms with Gasteiger partial charge in [-0.1, -0.05) is 36.6 Å². The first kappa shape index (κ1) is 16.7. The molecule has 0 unspecified atom stereocenters. The zero-order valence-electron chi connectivity index (χ0n) is 13.4. The van der Waals surface area contributed by atoms with Crippen molar-refractivity contribution in [3.63, 3.8) is 0 Å². The maximum absolute atomic E-state index is 12.4. The number of hydrogen-bond donors (Lipinski definition) is 1. The predicted molar refractivity (Wildman–Crippen MR) is 89.5 cm³/mol. The molecule has 0 bridgehead atoms. The van der Waals surface area contributed by atoms with Gasteiger partial charge in [0.2, 0.25) is 5.91 Å². The number of carbonyl (C=O) groups excluding carboxylic acids is 1. The Kier molecular flexibility index (Phi) is 5.57. The molecule has 0 aromatic heterocycles. The Bertz CT molecular complexity index is 520. The van der Waals surface area contributed by atoms with Gasteiger partial charge in [-0.25, -0.2) is 0 Å². The lowest BCUT2D eigenvalue weighted by Gasteiger charge is -2.38. The van der Waals surface area contributed by atoms with Gasteiger partial charge in [0.05, 0.1) is 11.6 Å². The van der Waals surface area contributed by atoms with Crippen molar-refractivity contribution < 1.29 is 14.3 Å². The van der Waals surface area contributed by atoms with Gasteiger partial charge < -0.3 is 14.8 Å².